The number of nitrogens with zero attached hydrogens (tertiary/aromatic N) is 1. The third-order valence-corrected chi connectivity index (χ3v) is 8.55. The first-order valence-corrected chi connectivity index (χ1v) is 14.0. The molecule has 1 spiro atoms. The fourth-order valence-corrected chi connectivity index (χ4v) is 6.54. The Balaban J connectivity index is 1.43. The molecule has 0 radical (unpaired) electrons. The van der Waals surface area contributed by atoms with Gasteiger partial charge in [-0.1, -0.05) is 61.5 Å². The van der Waals surface area contributed by atoms with E-state index in [1.165, 1.54) is 0 Å². The largest absolute Gasteiger partial charge is 0.456 e. The molecule has 0 aromatic heterocycles. The lowest BCUT2D eigenvalue weighted by atomic mass is 9.77. The van der Waals surface area contributed by atoms with Crippen molar-refractivity contribution in [3.8, 4) is 11.5 Å². The average molecular weight is 533 g/mol. The molecule has 202 valence electrons. The molecule has 0 aliphatic carbocycles. The number of carbonyl (C=O) groups is 1. The standard InChI is InChI=1S/C34H32N2O4/c1-3-33(18-11-19-38-33)22-36(2)29-21-31-27(20-28(29)35-23-12-5-4-6-13-23)34(26-16-9-10-17-30(26)39-31)25-15-8-7-14-24(25)32(37)40-34/h4-10,12-17,20-21,35H,3,11,18-19,22H2,1-2H3. The van der Waals surface area contributed by atoms with Crippen LogP contribution in [0.4, 0.5) is 17.1 Å². The van der Waals surface area contributed by atoms with Gasteiger partial charge >= 0.3 is 5.97 Å². The summed E-state index contributed by atoms with van der Waals surface area (Å²) in [4.78, 5) is 15.5. The van der Waals surface area contributed by atoms with Gasteiger partial charge in [0.1, 0.15) is 11.5 Å². The molecule has 1 saturated heterocycles. The van der Waals surface area contributed by atoms with Gasteiger partial charge in [-0.05, 0) is 49.6 Å². The zero-order valence-corrected chi connectivity index (χ0v) is 22.8. The number of likely N-dealkylation sites (N-methyl/N-ethyl adjacent to an activating group) is 1. The van der Waals surface area contributed by atoms with Crippen LogP contribution in [0.1, 0.15) is 53.2 Å². The normalized spacial score (nSPS) is 22.2. The van der Waals surface area contributed by atoms with Crippen LogP contribution in [0.15, 0.2) is 91.0 Å². The third kappa shape index (κ3) is 3.78. The van der Waals surface area contributed by atoms with E-state index < -0.39 is 5.60 Å². The minimum absolute atomic E-state index is 0.177. The Hall–Kier alpha value is -4.29. The van der Waals surface area contributed by atoms with Crippen molar-refractivity contribution in [2.24, 2.45) is 0 Å². The maximum atomic E-state index is 13.3. The molecule has 0 amide bonds. The summed E-state index contributed by atoms with van der Waals surface area (Å²) in [5.74, 6) is 1.02. The molecular weight excluding hydrogens is 500 g/mol. The first-order valence-electron chi connectivity index (χ1n) is 14.0. The van der Waals surface area contributed by atoms with Gasteiger partial charge in [-0.15, -0.1) is 0 Å². The van der Waals surface area contributed by atoms with Gasteiger partial charge in [0.2, 0.25) is 0 Å². The SMILES string of the molecule is CCC1(CN(C)c2cc3c(cc2Nc2ccccc2)C2(OC(=O)c4ccccc42)c2ccccc2O3)CCCO1. The zero-order chi connectivity index (χ0) is 27.3. The molecule has 1 fully saturated rings. The summed E-state index contributed by atoms with van der Waals surface area (Å²) in [6.45, 7) is 3.75. The smallest absolute Gasteiger partial charge is 0.340 e. The second-order valence-electron chi connectivity index (χ2n) is 10.9. The van der Waals surface area contributed by atoms with Crippen molar-refractivity contribution in [1.29, 1.82) is 0 Å². The van der Waals surface area contributed by atoms with Crippen LogP contribution in [-0.4, -0.2) is 31.8 Å². The number of hydrogen-bond donors (Lipinski definition) is 1. The van der Waals surface area contributed by atoms with Gasteiger partial charge in [0.15, 0.2) is 5.60 Å². The minimum atomic E-state index is -1.11. The van der Waals surface area contributed by atoms with Crippen molar-refractivity contribution >= 4 is 23.0 Å². The number of para-hydroxylation sites is 2. The molecule has 2 unspecified atom stereocenters. The molecule has 0 saturated carbocycles. The number of hydrogen-bond acceptors (Lipinski definition) is 6. The lowest BCUT2D eigenvalue weighted by Gasteiger charge is -2.38. The fraction of sp³-hybridized carbons (Fsp3) is 0.265. The summed E-state index contributed by atoms with van der Waals surface area (Å²) in [7, 11) is 2.11. The Labute approximate surface area is 234 Å². The van der Waals surface area contributed by atoms with Gasteiger partial charge in [0, 0.05) is 48.6 Å². The minimum Gasteiger partial charge on any atom is -0.456 e. The van der Waals surface area contributed by atoms with Crippen molar-refractivity contribution in [3.05, 3.63) is 113 Å². The number of anilines is 3. The lowest BCUT2D eigenvalue weighted by Crippen LogP contribution is -2.41. The van der Waals surface area contributed by atoms with E-state index in [-0.39, 0.29) is 11.6 Å². The van der Waals surface area contributed by atoms with Crippen LogP contribution in [0.25, 0.3) is 0 Å². The molecule has 40 heavy (non-hydrogen) atoms. The summed E-state index contributed by atoms with van der Waals surface area (Å²) in [5.41, 5.74) is 4.58. The Morgan fingerprint density at radius 1 is 0.875 bits per heavy atom. The highest BCUT2D eigenvalue weighted by molar-refractivity contribution is 5.97. The van der Waals surface area contributed by atoms with Crippen LogP contribution in [0.5, 0.6) is 11.5 Å². The summed E-state index contributed by atoms with van der Waals surface area (Å²) in [5, 5.41) is 3.65. The molecule has 6 heteroatoms. The van der Waals surface area contributed by atoms with Crippen LogP contribution in [-0.2, 0) is 15.1 Å². The molecule has 4 aromatic carbocycles. The van der Waals surface area contributed by atoms with Gasteiger partial charge in [-0.25, -0.2) is 4.79 Å². The van der Waals surface area contributed by atoms with Crippen LogP contribution in [0.3, 0.4) is 0 Å². The van der Waals surface area contributed by atoms with E-state index in [1.807, 2.05) is 78.9 Å². The van der Waals surface area contributed by atoms with Crippen molar-refractivity contribution in [2.75, 3.05) is 30.4 Å². The Kier molecular flexibility index (Phi) is 5.82. The predicted molar refractivity (Wildman–Crippen MR) is 156 cm³/mol. The van der Waals surface area contributed by atoms with E-state index in [4.69, 9.17) is 14.2 Å². The van der Waals surface area contributed by atoms with E-state index in [0.29, 0.717) is 17.1 Å². The Morgan fingerprint density at radius 2 is 1.62 bits per heavy atom. The van der Waals surface area contributed by atoms with Gasteiger partial charge in [0.05, 0.1) is 22.5 Å². The van der Waals surface area contributed by atoms with Crippen molar-refractivity contribution in [3.63, 3.8) is 0 Å². The van der Waals surface area contributed by atoms with Crippen molar-refractivity contribution in [2.45, 2.75) is 37.4 Å². The molecular formula is C34H32N2O4. The van der Waals surface area contributed by atoms with Crippen molar-refractivity contribution in [1.82, 2.24) is 0 Å². The second kappa shape index (κ2) is 9.42. The number of fused-ring (bicyclic) bond motifs is 6. The summed E-state index contributed by atoms with van der Waals surface area (Å²) in [6.07, 6.45) is 3.07. The summed E-state index contributed by atoms with van der Waals surface area (Å²) >= 11 is 0. The first kappa shape index (κ1) is 24.7. The van der Waals surface area contributed by atoms with Gasteiger partial charge < -0.3 is 24.4 Å². The number of nitrogens with one attached hydrogen (secondary N) is 1. The number of benzene rings is 4. The Morgan fingerprint density at radius 3 is 2.40 bits per heavy atom. The molecule has 2 atom stereocenters. The lowest BCUT2D eigenvalue weighted by molar-refractivity contribution is 0.00804. The van der Waals surface area contributed by atoms with Crippen LogP contribution in [0, 0.1) is 0 Å². The topological polar surface area (TPSA) is 60.0 Å². The van der Waals surface area contributed by atoms with Crippen molar-refractivity contribution < 1.29 is 19.0 Å². The number of ether oxygens (including phenoxy) is 3. The molecule has 4 aromatic rings. The van der Waals surface area contributed by atoms with E-state index >= 15 is 0 Å². The quantitative estimate of drug-likeness (QED) is 0.261. The molecule has 7 rings (SSSR count). The number of carbonyl (C=O) groups excluding carboxylic acids is 1. The van der Waals surface area contributed by atoms with E-state index in [2.05, 4.69) is 36.3 Å². The third-order valence-electron chi connectivity index (χ3n) is 8.55. The molecule has 3 aliphatic heterocycles. The molecule has 3 heterocycles. The fourth-order valence-electron chi connectivity index (χ4n) is 6.54. The molecule has 3 aliphatic rings. The van der Waals surface area contributed by atoms with Crippen LogP contribution in [0.2, 0.25) is 0 Å². The van der Waals surface area contributed by atoms with Gasteiger partial charge in [0.25, 0.3) is 0 Å². The maximum Gasteiger partial charge on any atom is 0.340 e. The van der Waals surface area contributed by atoms with E-state index in [9.17, 15) is 4.79 Å². The number of rotatable bonds is 6. The number of esters is 1. The van der Waals surface area contributed by atoms with Crippen LogP contribution < -0.4 is 15.0 Å². The average Bonchev–Trinajstić information content (AvgIpc) is 3.57. The first-order chi connectivity index (χ1) is 19.5. The maximum absolute atomic E-state index is 13.3. The highest BCUT2D eigenvalue weighted by Gasteiger charge is 2.53. The van der Waals surface area contributed by atoms with Crippen LogP contribution >= 0.6 is 0 Å². The highest BCUT2D eigenvalue weighted by atomic mass is 16.6. The Bertz CT molecular complexity index is 1600. The van der Waals surface area contributed by atoms with E-state index in [1.54, 1.807) is 0 Å². The molecule has 1 N–H and O–H groups in total. The summed E-state index contributed by atoms with van der Waals surface area (Å²) in [6, 6.07) is 29.8. The van der Waals surface area contributed by atoms with Gasteiger partial charge in [-0.2, -0.15) is 0 Å². The zero-order valence-electron chi connectivity index (χ0n) is 22.8. The van der Waals surface area contributed by atoms with E-state index in [0.717, 1.165) is 66.2 Å². The second-order valence-corrected chi connectivity index (χ2v) is 10.9. The molecule has 0 bridgehead atoms. The predicted octanol–water partition coefficient (Wildman–Crippen LogP) is 7.39. The molecule has 6 nitrogen and oxygen atoms in total. The highest BCUT2D eigenvalue weighted by Crippen LogP contribution is 2.57. The monoisotopic (exact) mass is 532 g/mol. The van der Waals surface area contributed by atoms with Gasteiger partial charge in [-0.3, -0.25) is 0 Å². The summed E-state index contributed by atoms with van der Waals surface area (Å²) < 4.78 is 19.2.